The molecule has 1 fully saturated rings. The van der Waals surface area contributed by atoms with Gasteiger partial charge in [-0.15, -0.1) is 0 Å². The fourth-order valence-corrected chi connectivity index (χ4v) is 2.66. The molecule has 0 aromatic heterocycles. The molecule has 1 heterocycles. The zero-order valence-corrected chi connectivity index (χ0v) is 11.3. The van der Waals surface area contributed by atoms with Crippen molar-refractivity contribution >= 4 is 5.69 Å². The highest BCUT2D eigenvalue weighted by Gasteiger charge is 2.12. The molecule has 3 rings (SSSR count). The van der Waals surface area contributed by atoms with Gasteiger partial charge in [0.2, 0.25) is 0 Å². The van der Waals surface area contributed by atoms with Crippen molar-refractivity contribution in [2.75, 3.05) is 25.1 Å². The van der Waals surface area contributed by atoms with E-state index in [1.807, 2.05) is 12.1 Å². The van der Waals surface area contributed by atoms with Crippen molar-refractivity contribution in [3.05, 3.63) is 48.5 Å². The maximum Gasteiger partial charge on any atom is 0.119 e. The molecule has 0 saturated carbocycles. The van der Waals surface area contributed by atoms with Crippen LogP contribution in [0.1, 0.15) is 12.8 Å². The number of hydrogen-bond acceptors (Lipinski definition) is 2. The minimum atomic E-state index is 0.907. The van der Waals surface area contributed by atoms with E-state index in [1.54, 1.807) is 7.11 Å². The van der Waals surface area contributed by atoms with Gasteiger partial charge in [-0.2, -0.15) is 0 Å². The van der Waals surface area contributed by atoms with Gasteiger partial charge >= 0.3 is 0 Å². The Balaban J connectivity index is 1.93. The summed E-state index contributed by atoms with van der Waals surface area (Å²) in [6.07, 6.45) is 2.62. The first-order valence-corrected chi connectivity index (χ1v) is 6.86. The predicted molar refractivity (Wildman–Crippen MR) is 79.9 cm³/mol. The van der Waals surface area contributed by atoms with E-state index in [4.69, 9.17) is 4.74 Å². The van der Waals surface area contributed by atoms with Crippen LogP contribution in [0.4, 0.5) is 5.69 Å². The van der Waals surface area contributed by atoms with Crippen LogP contribution < -0.4 is 9.64 Å². The lowest BCUT2D eigenvalue weighted by Gasteiger charge is -2.18. The minimum absolute atomic E-state index is 0.907. The number of anilines is 1. The second kappa shape index (κ2) is 5.35. The van der Waals surface area contributed by atoms with Crippen molar-refractivity contribution in [2.45, 2.75) is 12.8 Å². The summed E-state index contributed by atoms with van der Waals surface area (Å²) >= 11 is 0. The van der Waals surface area contributed by atoms with Gasteiger partial charge in [0.25, 0.3) is 0 Å². The van der Waals surface area contributed by atoms with E-state index in [1.165, 1.54) is 42.7 Å². The van der Waals surface area contributed by atoms with Gasteiger partial charge < -0.3 is 9.64 Å². The predicted octanol–water partition coefficient (Wildman–Crippen LogP) is 3.96. The quantitative estimate of drug-likeness (QED) is 0.821. The normalized spacial score (nSPS) is 14.7. The third-order valence-electron chi connectivity index (χ3n) is 3.72. The van der Waals surface area contributed by atoms with Crippen molar-refractivity contribution in [2.24, 2.45) is 0 Å². The maximum absolute atomic E-state index is 5.30. The molecule has 0 unspecified atom stereocenters. The summed E-state index contributed by atoms with van der Waals surface area (Å²) < 4.78 is 5.30. The Morgan fingerprint density at radius 3 is 2.32 bits per heavy atom. The molecular formula is C17H19NO. The molecule has 2 heteroatoms. The zero-order chi connectivity index (χ0) is 13.1. The molecule has 1 saturated heterocycles. The fraction of sp³-hybridized carbons (Fsp3) is 0.294. The number of nitrogens with zero attached hydrogens (tertiary/aromatic N) is 1. The van der Waals surface area contributed by atoms with Gasteiger partial charge in [-0.05, 0) is 48.2 Å². The van der Waals surface area contributed by atoms with Crippen LogP contribution in [-0.2, 0) is 0 Å². The van der Waals surface area contributed by atoms with E-state index in [9.17, 15) is 0 Å². The molecule has 0 atom stereocenters. The first-order valence-electron chi connectivity index (χ1n) is 6.86. The fourth-order valence-electron chi connectivity index (χ4n) is 2.66. The van der Waals surface area contributed by atoms with Gasteiger partial charge in [0.05, 0.1) is 7.11 Å². The largest absolute Gasteiger partial charge is 0.497 e. The molecule has 0 radical (unpaired) electrons. The number of ether oxygens (including phenoxy) is 1. The van der Waals surface area contributed by atoms with Crippen LogP contribution in [0.3, 0.4) is 0 Å². The second-order valence-electron chi connectivity index (χ2n) is 4.98. The second-order valence-corrected chi connectivity index (χ2v) is 4.98. The molecule has 0 spiro atoms. The highest BCUT2D eigenvalue weighted by molar-refractivity contribution is 5.69. The average Bonchev–Trinajstić information content (AvgIpc) is 3.02. The molecule has 2 aromatic carbocycles. The first-order chi connectivity index (χ1) is 9.36. The molecule has 1 aliphatic heterocycles. The molecule has 19 heavy (non-hydrogen) atoms. The summed E-state index contributed by atoms with van der Waals surface area (Å²) in [4.78, 5) is 2.46. The molecule has 2 aromatic rings. The van der Waals surface area contributed by atoms with Crippen LogP contribution in [0.25, 0.3) is 11.1 Å². The molecule has 0 bridgehead atoms. The summed E-state index contributed by atoms with van der Waals surface area (Å²) in [6, 6.07) is 17.0. The minimum Gasteiger partial charge on any atom is -0.497 e. The van der Waals surface area contributed by atoms with Crippen LogP contribution >= 0.6 is 0 Å². The van der Waals surface area contributed by atoms with Crippen LogP contribution in [0.15, 0.2) is 48.5 Å². The zero-order valence-electron chi connectivity index (χ0n) is 11.3. The molecule has 1 aliphatic rings. The lowest BCUT2D eigenvalue weighted by molar-refractivity contribution is 0.415. The SMILES string of the molecule is COc1cccc(-c2cccc(N3CCCC3)c2)c1. The Hall–Kier alpha value is -1.96. The summed E-state index contributed by atoms with van der Waals surface area (Å²) in [5.41, 5.74) is 3.79. The molecule has 0 amide bonds. The van der Waals surface area contributed by atoms with E-state index in [2.05, 4.69) is 41.3 Å². The standard InChI is InChI=1S/C17H19NO/c1-19-17-9-5-7-15(13-17)14-6-4-8-16(12-14)18-10-2-3-11-18/h4-9,12-13H,2-3,10-11H2,1H3. The number of hydrogen-bond donors (Lipinski definition) is 0. The molecule has 2 nitrogen and oxygen atoms in total. The van der Waals surface area contributed by atoms with Crippen LogP contribution in [-0.4, -0.2) is 20.2 Å². The van der Waals surface area contributed by atoms with Gasteiger partial charge in [0.15, 0.2) is 0 Å². The Bertz CT molecular complexity index is 559. The first kappa shape index (κ1) is 12.1. The lowest BCUT2D eigenvalue weighted by Crippen LogP contribution is -2.17. The van der Waals surface area contributed by atoms with Gasteiger partial charge in [-0.25, -0.2) is 0 Å². The van der Waals surface area contributed by atoms with Gasteiger partial charge in [0, 0.05) is 18.8 Å². The van der Waals surface area contributed by atoms with E-state index < -0.39 is 0 Å². The smallest absolute Gasteiger partial charge is 0.119 e. The Kier molecular flexibility index (Phi) is 3.41. The van der Waals surface area contributed by atoms with Gasteiger partial charge in [-0.1, -0.05) is 24.3 Å². The van der Waals surface area contributed by atoms with Crippen molar-refractivity contribution in [3.63, 3.8) is 0 Å². The van der Waals surface area contributed by atoms with Gasteiger partial charge in [0.1, 0.15) is 5.75 Å². The molecule has 0 N–H and O–H groups in total. The Morgan fingerprint density at radius 2 is 1.58 bits per heavy atom. The summed E-state index contributed by atoms with van der Waals surface area (Å²) in [5.74, 6) is 0.907. The van der Waals surface area contributed by atoms with E-state index in [0.717, 1.165) is 5.75 Å². The average molecular weight is 253 g/mol. The number of benzene rings is 2. The van der Waals surface area contributed by atoms with E-state index in [0.29, 0.717) is 0 Å². The highest BCUT2D eigenvalue weighted by Crippen LogP contribution is 2.28. The van der Waals surface area contributed by atoms with Gasteiger partial charge in [-0.3, -0.25) is 0 Å². The van der Waals surface area contributed by atoms with Crippen LogP contribution in [0, 0.1) is 0 Å². The van der Waals surface area contributed by atoms with Crippen molar-refractivity contribution in [1.29, 1.82) is 0 Å². The lowest BCUT2D eigenvalue weighted by atomic mass is 10.0. The highest BCUT2D eigenvalue weighted by atomic mass is 16.5. The monoisotopic (exact) mass is 253 g/mol. The van der Waals surface area contributed by atoms with E-state index in [-0.39, 0.29) is 0 Å². The van der Waals surface area contributed by atoms with Crippen molar-refractivity contribution in [3.8, 4) is 16.9 Å². The maximum atomic E-state index is 5.30. The summed E-state index contributed by atoms with van der Waals surface area (Å²) in [7, 11) is 1.71. The topological polar surface area (TPSA) is 12.5 Å². The molecular weight excluding hydrogens is 234 g/mol. The third-order valence-corrected chi connectivity index (χ3v) is 3.72. The van der Waals surface area contributed by atoms with E-state index >= 15 is 0 Å². The molecule has 98 valence electrons. The Morgan fingerprint density at radius 1 is 0.895 bits per heavy atom. The summed E-state index contributed by atoms with van der Waals surface area (Å²) in [6.45, 7) is 2.36. The third kappa shape index (κ3) is 2.58. The van der Waals surface area contributed by atoms with Crippen molar-refractivity contribution < 1.29 is 4.74 Å². The Labute approximate surface area is 114 Å². The number of methoxy groups -OCH3 is 1. The molecule has 0 aliphatic carbocycles. The summed E-state index contributed by atoms with van der Waals surface area (Å²) in [5, 5.41) is 0. The number of rotatable bonds is 3. The van der Waals surface area contributed by atoms with Crippen LogP contribution in [0.2, 0.25) is 0 Å². The van der Waals surface area contributed by atoms with Crippen LogP contribution in [0.5, 0.6) is 5.75 Å². The van der Waals surface area contributed by atoms with Crippen molar-refractivity contribution in [1.82, 2.24) is 0 Å².